The Labute approximate surface area is 237 Å². The zero-order valence-corrected chi connectivity index (χ0v) is 24.5. The number of methoxy groups -OCH3 is 2. The molecule has 40 heavy (non-hydrogen) atoms. The van der Waals surface area contributed by atoms with Crippen molar-refractivity contribution in [1.29, 1.82) is 0 Å². The van der Waals surface area contributed by atoms with E-state index in [0.717, 1.165) is 74.3 Å². The number of halogens is 1. The molecule has 4 rings (SSSR count). The zero-order valence-electron chi connectivity index (χ0n) is 24.5. The smallest absolute Gasteiger partial charge is 0.325 e. The minimum Gasteiger partial charge on any atom is -0.496 e. The average Bonchev–Trinajstić information content (AvgIpc) is 3.37. The number of aryl methyl sites for hydroxylation is 1. The number of carboxylic acid groups (broad SMARTS) is 1. The van der Waals surface area contributed by atoms with Gasteiger partial charge in [-0.25, -0.2) is 9.37 Å². The van der Waals surface area contributed by atoms with E-state index in [-0.39, 0.29) is 17.3 Å². The quantitative estimate of drug-likeness (QED) is 0.330. The second-order valence-electron chi connectivity index (χ2n) is 11.8. The van der Waals surface area contributed by atoms with E-state index in [4.69, 9.17) is 19.2 Å². The topological polar surface area (TPSA) is 93.2 Å². The summed E-state index contributed by atoms with van der Waals surface area (Å²) < 4.78 is 32.0. The summed E-state index contributed by atoms with van der Waals surface area (Å²) in [5.41, 5.74) is 2.97. The van der Waals surface area contributed by atoms with Gasteiger partial charge >= 0.3 is 5.97 Å². The van der Waals surface area contributed by atoms with E-state index in [1.54, 1.807) is 13.2 Å². The van der Waals surface area contributed by atoms with Crippen LogP contribution in [0.3, 0.4) is 0 Å². The lowest BCUT2D eigenvalue weighted by molar-refractivity contribution is -0.143. The van der Waals surface area contributed by atoms with Gasteiger partial charge in [0.25, 0.3) is 0 Å². The summed E-state index contributed by atoms with van der Waals surface area (Å²) in [5.74, 6) is 0.313. The lowest BCUT2D eigenvalue weighted by Gasteiger charge is -2.28. The molecule has 0 bridgehead atoms. The number of unbranched alkanes of at least 4 members (excludes halogenated alkanes) is 2. The number of rotatable bonds is 12. The van der Waals surface area contributed by atoms with Gasteiger partial charge in [-0.3, -0.25) is 9.69 Å². The summed E-state index contributed by atoms with van der Waals surface area (Å²) in [7, 11) is 3.09. The number of benzene rings is 1. The normalized spacial score (nSPS) is 18.2. The van der Waals surface area contributed by atoms with Crippen molar-refractivity contribution in [3.05, 3.63) is 46.4 Å². The number of aliphatic carboxylic acids is 1. The number of nitrogens with one attached hydrogen (secondary N) is 1. The molecule has 1 saturated heterocycles. The molecule has 0 amide bonds. The molecule has 2 aromatic rings. The minimum atomic E-state index is -1.02. The Morgan fingerprint density at radius 1 is 1.20 bits per heavy atom. The Bertz CT molecular complexity index is 1170. The molecule has 0 saturated carbocycles. The van der Waals surface area contributed by atoms with Crippen LogP contribution in [0.1, 0.15) is 81.3 Å². The summed E-state index contributed by atoms with van der Waals surface area (Å²) >= 11 is 0. The Morgan fingerprint density at radius 2 is 2.00 bits per heavy atom. The number of carbonyl (C=O) groups is 1. The van der Waals surface area contributed by atoms with Crippen molar-refractivity contribution in [2.45, 2.75) is 83.3 Å². The van der Waals surface area contributed by atoms with E-state index >= 15 is 0 Å². The summed E-state index contributed by atoms with van der Waals surface area (Å²) in [4.78, 5) is 19.1. The third kappa shape index (κ3) is 7.04. The molecule has 1 aromatic heterocycles. The predicted molar refractivity (Wildman–Crippen MR) is 153 cm³/mol. The molecule has 8 nitrogen and oxygen atoms in total. The number of aromatic nitrogens is 1. The Morgan fingerprint density at radius 3 is 2.70 bits per heavy atom. The van der Waals surface area contributed by atoms with E-state index < -0.39 is 17.8 Å². The number of hydrogen-bond donors (Lipinski definition) is 2. The zero-order chi connectivity index (χ0) is 28.9. The van der Waals surface area contributed by atoms with Gasteiger partial charge in [-0.1, -0.05) is 27.2 Å². The van der Waals surface area contributed by atoms with Gasteiger partial charge in [0.2, 0.25) is 0 Å². The van der Waals surface area contributed by atoms with Crippen molar-refractivity contribution >= 4 is 11.8 Å². The summed E-state index contributed by atoms with van der Waals surface area (Å²) in [5, 5.41) is 13.6. The number of ether oxygens (including phenoxy) is 3. The van der Waals surface area contributed by atoms with Crippen molar-refractivity contribution in [3.63, 3.8) is 0 Å². The van der Waals surface area contributed by atoms with Gasteiger partial charge < -0.3 is 24.6 Å². The average molecular weight is 558 g/mol. The first-order chi connectivity index (χ1) is 19.1. The highest BCUT2D eigenvalue weighted by Gasteiger charge is 2.37. The molecule has 2 aliphatic rings. The highest BCUT2D eigenvalue weighted by Crippen LogP contribution is 2.38. The number of carboxylic acids is 1. The van der Waals surface area contributed by atoms with E-state index in [0.29, 0.717) is 25.3 Å². The van der Waals surface area contributed by atoms with Crippen LogP contribution in [0.4, 0.5) is 10.2 Å². The van der Waals surface area contributed by atoms with Crippen molar-refractivity contribution in [3.8, 4) is 11.5 Å². The molecule has 9 heteroatoms. The molecular weight excluding hydrogens is 513 g/mol. The standard InChI is InChI=1S/C31H44FN3O5/c1-31(2,3)20-16-24(28(39-5)25(32)17-20)27(30(36)37)35-14-12-22(19-35)40-15-8-6-7-10-21-18-26(38-4)23-11-9-13-33-29(23)34-21/h16-18,22,27H,6-15,19H2,1-5H3,(H,33,34)(H,36,37)/t22-,27+/m1/s1. The van der Waals surface area contributed by atoms with Gasteiger partial charge in [0.05, 0.1) is 20.3 Å². The Hall–Kier alpha value is -2.91. The first kappa shape index (κ1) is 30.1. The van der Waals surface area contributed by atoms with Crippen LogP contribution in [0.2, 0.25) is 0 Å². The maximum Gasteiger partial charge on any atom is 0.325 e. The predicted octanol–water partition coefficient (Wildman–Crippen LogP) is 5.52. The fourth-order valence-corrected chi connectivity index (χ4v) is 5.68. The molecule has 2 atom stereocenters. The maximum absolute atomic E-state index is 14.9. The van der Waals surface area contributed by atoms with E-state index in [2.05, 4.69) is 11.4 Å². The van der Waals surface area contributed by atoms with Crippen LogP contribution in [0.5, 0.6) is 11.5 Å². The van der Waals surface area contributed by atoms with Crippen LogP contribution >= 0.6 is 0 Å². The van der Waals surface area contributed by atoms with Crippen LogP contribution in [-0.2, 0) is 27.8 Å². The largest absolute Gasteiger partial charge is 0.496 e. The van der Waals surface area contributed by atoms with Gasteiger partial charge in [0.15, 0.2) is 11.6 Å². The summed E-state index contributed by atoms with van der Waals surface area (Å²) in [6.07, 6.45) is 6.60. The molecule has 2 N–H and O–H groups in total. The van der Waals surface area contributed by atoms with Gasteiger partial charge in [-0.05, 0) is 61.6 Å². The molecule has 3 heterocycles. The fourth-order valence-electron chi connectivity index (χ4n) is 5.68. The van der Waals surface area contributed by atoms with Crippen LogP contribution in [0.25, 0.3) is 0 Å². The van der Waals surface area contributed by atoms with Gasteiger partial charge in [-0.2, -0.15) is 0 Å². The number of nitrogens with zero attached hydrogens (tertiary/aromatic N) is 2. The van der Waals surface area contributed by atoms with Crippen LogP contribution in [0, 0.1) is 5.82 Å². The molecule has 1 aromatic carbocycles. The van der Waals surface area contributed by atoms with E-state index in [9.17, 15) is 14.3 Å². The van der Waals surface area contributed by atoms with Gasteiger partial charge in [0.1, 0.15) is 17.6 Å². The maximum atomic E-state index is 14.9. The lowest BCUT2D eigenvalue weighted by Crippen LogP contribution is -2.34. The van der Waals surface area contributed by atoms with E-state index in [1.807, 2.05) is 25.7 Å². The van der Waals surface area contributed by atoms with Crippen molar-refractivity contribution in [1.82, 2.24) is 9.88 Å². The van der Waals surface area contributed by atoms with Gasteiger partial charge in [0, 0.05) is 49.1 Å². The summed E-state index contributed by atoms with van der Waals surface area (Å²) in [6.45, 7) is 8.54. The van der Waals surface area contributed by atoms with Gasteiger partial charge in [-0.15, -0.1) is 0 Å². The van der Waals surface area contributed by atoms with E-state index in [1.165, 1.54) is 18.7 Å². The number of anilines is 1. The molecule has 0 unspecified atom stereocenters. The van der Waals surface area contributed by atoms with Crippen LogP contribution in [0.15, 0.2) is 18.2 Å². The number of hydrogen-bond acceptors (Lipinski definition) is 7. The molecular formula is C31H44FN3O5. The van der Waals surface area contributed by atoms with Crippen molar-refractivity contribution < 1.29 is 28.5 Å². The third-order valence-electron chi connectivity index (χ3n) is 7.90. The molecule has 0 spiro atoms. The minimum absolute atomic E-state index is 0.00779. The second kappa shape index (κ2) is 13.2. The molecule has 1 fully saturated rings. The monoisotopic (exact) mass is 557 g/mol. The SMILES string of the molecule is COc1cc(CCCCCO[C@@H]2CCN([C@H](C(=O)O)c3cc(C(C)(C)C)cc(F)c3OC)C2)nc2c1CCCN2. The first-order valence-corrected chi connectivity index (χ1v) is 14.4. The molecule has 0 aliphatic carbocycles. The number of fused-ring (bicyclic) bond motifs is 1. The Balaban J connectivity index is 1.28. The summed E-state index contributed by atoms with van der Waals surface area (Å²) in [6, 6.07) is 4.27. The second-order valence-corrected chi connectivity index (χ2v) is 11.8. The highest BCUT2D eigenvalue weighted by atomic mass is 19.1. The Kier molecular flexibility index (Phi) is 9.90. The highest BCUT2D eigenvalue weighted by molar-refractivity contribution is 5.77. The molecule has 0 radical (unpaired) electrons. The molecule has 220 valence electrons. The molecule has 2 aliphatic heterocycles. The first-order valence-electron chi connectivity index (χ1n) is 14.4. The number of likely N-dealkylation sites (tertiary alicyclic amines) is 1. The van der Waals surface area contributed by atoms with Crippen molar-refractivity contribution in [2.75, 3.05) is 45.8 Å². The van der Waals surface area contributed by atoms with Crippen molar-refractivity contribution in [2.24, 2.45) is 0 Å². The lowest BCUT2D eigenvalue weighted by atomic mass is 9.84. The van der Waals surface area contributed by atoms with Crippen LogP contribution in [-0.4, -0.2) is 67.5 Å². The third-order valence-corrected chi connectivity index (χ3v) is 7.90. The fraction of sp³-hybridized carbons (Fsp3) is 0.613. The van der Waals surface area contributed by atoms with Crippen LogP contribution < -0.4 is 14.8 Å². The number of pyridine rings is 1.